The van der Waals surface area contributed by atoms with Crippen LogP contribution in [0, 0.1) is 6.92 Å². The van der Waals surface area contributed by atoms with E-state index in [0.29, 0.717) is 17.0 Å². The summed E-state index contributed by atoms with van der Waals surface area (Å²) in [7, 11) is -3.70. The molecule has 0 radical (unpaired) electrons. The lowest BCUT2D eigenvalue weighted by molar-refractivity contribution is -0.114. The van der Waals surface area contributed by atoms with Crippen LogP contribution in [0.2, 0.25) is 0 Å². The standard InChI is InChI=1S/C15H17N3O5S/c1-10-8-14(17-23-10)18(24(3,21)22)9-15(20)16-13-6-4-12(5-7-13)11(2)19/h4-8H,9H2,1-3H3,(H,16,20). The Hall–Kier alpha value is -2.68. The minimum atomic E-state index is -3.70. The highest BCUT2D eigenvalue weighted by molar-refractivity contribution is 7.92. The van der Waals surface area contributed by atoms with E-state index in [2.05, 4.69) is 10.5 Å². The fourth-order valence-corrected chi connectivity index (χ4v) is 2.74. The number of hydrogen-bond donors (Lipinski definition) is 1. The van der Waals surface area contributed by atoms with Crippen molar-refractivity contribution in [3.05, 3.63) is 41.7 Å². The van der Waals surface area contributed by atoms with E-state index in [1.54, 1.807) is 31.2 Å². The first kappa shape index (κ1) is 17.7. The maximum Gasteiger partial charge on any atom is 0.245 e. The second kappa shape index (κ2) is 6.83. The molecule has 1 amide bonds. The summed E-state index contributed by atoms with van der Waals surface area (Å²) in [5.41, 5.74) is 0.971. The van der Waals surface area contributed by atoms with E-state index >= 15 is 0 Å². The van der Waals surface area contributed by atoms with Gasteiger partial charge in [-0.15, -0.1) is 0 Å². The van der Waals surface area contributed by atoms with Crippen molar-refractivity contribution in [1.29, 1.82) is 0 Å². The molecule has 0 unspecified atom stereocenters. The predicted molar refractivity (Wildman–Crippen MR) is 88.5 cm³/mol. The number of sulfonamides is 1. The Bertz CT molecular complexity index is 855. The zero-order chi connectivity index (χ0) is 17.9. The van der Waals surface area contributed by atoms with Gasteiger partial charge in [-0.3, -0.25) is 9.59 Å². The molecule has 0 atom stereocenters. The zero-order valence-corrected chi connectivity index (χ0v) is 14.3. The molecule has 0 aliphatic heterocycles. The van der Waals surface area contributed by atoms with Crippen LogP contribution in [-0.4, -0.2) is 38.1 Å². The molecule has 0 aliphatic rings. The van der Waals surface area contributed by atoms with E-state index in [-0.39, 0.29) is 11.6 Å². The number of aromatic nitrogens is 1. The molecule has 9 heteroatoms. The third kappa shape index (κ3) is 4.42. The Morgan fingerprint density at radius 1 is 1.25 bits per heavy atom. The van der Waals surface area contributed by atoms with Gasteiger partial charge in [-0.25, -0.2) is 12.7 Å². The van der Waals surface area contributed by atoms with Crippen molar-refractivity contribution in [3.63, 3.8) is 0 Å². The molecular formula is C15H17N3O5S. The van der Waals surface area contributed by atoms with Gasteiger partial charge in [-0.1, -0.05) is 5.16 Å². The van der Waals surface area contributed by atoms with E-state index < -0.39 is 22.5 Å². The van der Waals surface area contributed by atoms with Crippen LogP contribution < -0.4 is 9.62 Å². The van der Waals surface area contributed by atoms with Crippen molar-refractivity contribution in [3.8, 4) is 0 Å². The Morgan fingerprint density at radius 2 is 1.88 bits per heavy atom. The van der Waals surface area contributed by atoms with Gasteiger partial charge >= 0.3 is 0 Å². The largest absolute Gasteiger partial charge is 0.360 e. The minimum absolute atomic E-state index is 0.0390. The number of nitrogens with one attached hydrogen (secondary N) is 1. The van der Waals surface area contributed by atoms with Crippen molar-refractivity contribution in [2.24, 2.45) is 0 Å². The lowest BCUT2D eigenvalue weighted by Gasteiger charge is -2.18. The van der Waals surface area contributed by atoms with Gasteiger partial charge in [-0.2, -0.15) is 0 Å². The average molecular weight is 351 g/mol. The van der Waals surface area contributed by atoms with Crippen molar-refractivity contribution in [1.82, 2.24) is 5.16 Å². The number of anilines is 2. The fourth-order valence-electron chi connectivity index (χ4n) is 1.96. The third-order valence-corrected chi connectivity index (χ3v) is 4.25. The van der Waals surface area contributed by atoms with Crippen LogP contribution in [0.4, 0.5) is 11.5 Å². The summed E-state index contributed by atoms with van der Waals surface area (Å²) in [6.07, 6.45) is 0.978. The number of rotatable bonds is 6. The van der Waals surface area contributed by atoms with Crippen LogP contribution >= 0.6 is 0 Å². The second-order valence-electron chi connectivity index (χ2n) is 5.25. The molecule has 1 aromatic heterocycles. The molecule has 0 spiro atoms. The van der Waals surface area contributed by atoms with Crippen molar-refractivity contribution >= 4 is 33.2 Å². The van der Waals surface area contributed by atoms with E-state index in [1.807, 2.05) is 0 Å². The Kier molecular flexibility index (Phi) is 5.03. The van der Waals surface area contributed by atoms with Crippen molar-refractivity contribution in [2.45, 2.75) is 13.8 Å². The molecule has 24 heavy (non-hydrogen) atoms. The van der Waals surface area contributed by atoms with Gasteiger partial charge in [0.05, 0.1) is 6.26 Å². The molecule has 0 saturated heterocycles. The Labute approximate surface area is 139 Å². The average Bonchev–Trinajstić information content (AvgIpc) is 2.90. The Balaban J connectivity index is 2.12. The van der Waals surface area contributed by atoms with Crippen LogP contribution in [0.1, 0.15) is 23.0 Å². The van der Waals surface area contributed by atoms with Crippen LogP contribution in [0.25, 0.3) is 0 Å². The molecule has 8 nitrogen and oxygen atoms in total. The van der Waals surface area contributed by atoms with E-state index in [1.165, 1.54) is 13.0 Å². The maximum absolute atomic E-state index is 12.1. The molecule has 1 heterocycles. The zero-order valence-electron chi connectivity index (χ0n) is 13.4. The molecule has 0 bridgehead atoms. The van der Waals surface area contributed by atoms with Gasteiger partial charge in [0.15, 0.2) is 11.6 Å². The second-order valence-corrected chi connectivity index (χ2v) is 7.15. The number of aryl methyl sites for hydroxylation is 1. The normalized spacial score (nSPS) is 11.1. The first-order valence-electron chi connectivity index (χ1n) is 6.98. The fraction of sp³-hybridized carbons (Fsp3) is 0.267. The molecule has 2 aromatic rings. The topological polar surface area (TPSA) is 110 Å². The molecule has 0 fully saturated rings. The highest BCUT2D eigenvalue weighted by Gasteiger charge is 2.23. The van der Waals surface area contributed by atoms with Gasteiger partial charge in [0.1, 0.15) is 12.3 Å². The van der Waals surface area contributed by atoms with Gasteiger partial charge in [0.25, 0.3) is 0 Å². The van der Waals surface area contributed by atoms with Crippen LogP contribution in [0.3, 0.4) is 0 Å². The summed E-state index contributed by atoms with van der Waals surface area (Å²) in [5, 5.41) is 6.20. The molecule has 128 valence electrons. The van der Waals surface area contributed by atoms with Crippen molar-refractivity contribution in [2.75, 3.05) is 22.4 Å². The van der Waals surface area contributed by atoms with Crippen LogP contribution in [0.5, 0.6) is 0 Å². The number of hydrogen-bond acceptors (Lipinski definition) is 6. The number of Topliss-reactive ketones (excluding diaryl/α,β-unsaturated/α-hetero) is 1. The molecule has 2 rings (SSSR count). The highest BCUT2D eigenvalue weighted by atomic mass is 32.2. The van der Waals surface area contributed by atoms with Crippen molar-refractivity contribution < 1.29 is 22.5 Å². The maximum atomic E-state index is 12.1. The summed E-state index contributed by atoms with van der Waals surface area (Å²) >= 11 is 0. The monoisotopic (exact) mass is 351 g/mol. The van der Waals surface area contributed by atoms with Gasteiger partial charge in [0.2, 0.25) is 15.9 Å². The Morgan fingerprint density at radius 3 is 2.33 bits per heavy atom. The summed E-state index contributed by atoms with van der Waals surface area (Å²) < 4.78 is 29.5. The van der Waals surface area contributed by atoms with E-state index in [4.69, 9.17) is 4.52 Å². The number of amides is 1. The van der Waals surface area contributed by atoms with Crippen LogP contribution in [0.15, 0.2) is 34.9 Å². The number of carbonyl (C=O) groups excluding carboxylic acids is 2. The molecule has 0 aliphatic carbocycles. The summed E-state index contributed by atoms with van der Waals surface area (Å²) in [5.74, 6) is -0.162. The third-order valence-electron chi connectivity index (χ3n) is 3.13. The SMILES string of the molecule is CC(=O)c1ccc(NC(=O)CN(c2cc(C)on2)S(C)(=O)=O)cc1. The van der Waals surface area contributed by atoms with Gasteiger partial charge in [-0.05, 0) is 38.1 Å². The quantitative estimate of drug-likeness (QED) is 0.792. The summed E-state index contributed by atoms with van der Waals surface area (Å²) in [6.45, 7) is 2.62. The smallest absolute Gasteiger partial charge is 0.245 e. The minimum Gasteiger partial charge on any atom is -0.360 e. The first-order valence-corrected chi connectivity index (χ1v) is 8.83. The number of benzene rings is 1. The number of carbonyl (C=O) groups is 2. The van der Waals surface area contributed by atoms with Crippen LogP contribution in [-0.2, 0) is 14.8 Å². The summed E-state index contributed by atoms with van der Waals surface area (Å²) in [6, 6.07) is 7.72. The predicted octanol–water partition coefficient (Wildman–Crippen LogP) is 1.59. The van der Waals surface area contributed by atoms with Gasteiger partial charge < -0.3 is 9.84 Å². The molecule has 1 N–H and O–H groups in total. The lowest BCUT2D eigenvalue weighted by Crippen LogP contribution is -2.37. The lowest BCUT2D eigenvalue weighted by atomic mass is 10.1. The molecular weight excluding hydrogens is 334 g/mol. The van der Waals surface area contributed by atoms with E-state index in [0.717, 1.165) is 10.6 Å². The van der Waals surface area contributed by atoms with Gasteiger partial charge in [0, 0.05) is 17.3 Å². The number of ketones is 1. The highest BCUT2D eigenvalue weighted by Crippen LogP contribution is 2.17. The first-order chi connectivity index (χ1) is 11.2. The van der Waals surface area contributed by atoms with E-state index in [9.17, 15) is 18.0 Å². The number of nitrogens with zero attached hydrogens (tertiary/aromatic N) is 2. The molecule has 0 saturated carbocycles. The summed E-state index contributed by atoms with van der Waals surface area (Å²) in [4.78, 5) is 23.3. The molecule has 1 aromatic carbocycles.